The van der Waals surface area contributed by atoms with Crippen LogP contribution in [0.15, 0.2) is 59.1 Å². The van der Waals surface area contributed by atoms with E-state index >= 15 is 0 Å². The summed E-state index contributed by atoms with van der Waals surface area (Å²) in [6.07, 6.45) is 1.18. The first-order valence-electron chi connectivity index (χ1n) is 9.11. The van der Waals surface area contributed by atoms with Gasteiger partial charge in [-0.3, -0.25) is 4.79 Å². The number of hydrogen-bond donors (Lipinski definition) is 3. The summed E-state index contributed by atoms with van der Waals surface area (Å²) >= 11 is 1.58. The number of aromatic nitrogens is 3. The molecule has 0 radical (unpaired) electrons. The molecule has 0 bridgehead atoms. The van der Waals surface area contributed by atoms with Gasteiger partial charge in [0.15, 0.2) is 5.82 Å². The van der Waals surface area contributed by atoms with Gasteiger partial charge in [-0.2, -0.15) is 10.1 Å². The Balaban J connectivity index is 1.72. The van der Waals surface area contributed by atoms with Crippen LogP contribution < -0.4 is 10.6 Å². The lowest BCUT2D eigenvalue weighted by atomic mass is 10.0. The number of aryl methyl sites for hydroxylation is 1. The number of fused-ring (bicyclic) bond motifs is 1. The number of benzene rings is 1. The second-order valence-corrected chi connectivity index (χ2v) is 7.50. The second kappa shape index (κ2) is 7.95. The van der Waals surface area contributed by atoms with Crippen molar-refractivity contribution >= 4 is 28.9 Å². The van der Waals surface area contributed by atoms with Gasteiger partial charge < -0.3 is 15.7 Å². The zero-order chi connectivity index (χ0) is 19.5. The third kappa shape index (κ3) is 3.56. The average molecular weight is 395 g/mol. The maximum atomic E-state index is 13.2. The molecule has 3 aromatic rings. The standard InChI is InChI=1S/C20H21N5O2S/c1-13-17(19(27)22-14-7-3-2-4-8-14)18(15-9-6-12-28-15)25-20(21-13)23-16(24-25)10-5-11-26/h2-4,6-9,12,18,26H,5,10-11H2,1H3,(H,22,27)(H,21,23,24). The number of rotatable bonds is 6. The minimum Gasteiger partial charge on any atom is -0.396 e. The Hall–Kier alpha value is -2.97. The fourth-order valence-electron chi connectivity index (χ4n) is 3.26. The minimum atomic E-state index is -0.352. The van der Waals surface area contributed by atoms with Crippen LogP contribution in [-0.4, -0.2) is 32.4 Å². The second-order valence-electron chi connectivity index (χ2n) is 6.53. The summed E-state index contributed by atoms with van der Waals surface area (Å²) in [5.41, 5.74) is 2.10. The van der Waals surface area contributed by atoms with E-state index in [1.54, 1.807) is 16.0 Å². The number of carbonyl (C=O) groups is 1. The van der Waals surface area contributed by atoms with Crippen molar-refractivity contribution in [3.8, 4) is 0 Å². The zero-order valence-electron chi connectivity index (χ0n) is 15.4. The monoisotopic (exact) mass is 395 g/mol. The highest BCUT2D eigenvalue weighted by atomic mass is 32.1. The molecular weight excluding hydrogens is 374 g/mol. The number of nitrogens with zero attached hydrogens (tertiary/aromatic N) is 3. The van der Waals surface area contributed by atoms with E-state index in [2.05, 4.69) is 20.7 Å². The van der Waals surface area contributed by atoms with Gasteiger partial charge in [-0.05, 0) is 36.9 Å². The van der Waals surface area contributed by atoms with Crippen molar-refractivity contribution in [2.24, 2.45) is 0 Å². The van der Waals surface area contributed by atoms with E-state index in [-0.39, 0.29) is 18.6 Å². The molecule has 8 heteroatoms. The zero-order valence-corrected chi connectivity index (χ0v) is 16.2. The number of aliphatic hydroxyl groups excluding tert-OH is 1. The summed E-state index contributed by atoms with van der Waals surface area (Å²) in [5.74, 6) is 1.09. The summed E-state index contributed by atoms with van der Waals surface area (Å²) in [6, 6.07) is 13.0. The predicted octanol–water partition coefficient (Wildman–Crippen LogP) is 3.19. The van der Waals surface area contributed by atoms with Crippen molar-refractivity contribution in [2.75, 3.05) is 17.2 Å². The first-order valence-corrected chi connectivity index (χ1v) is 9.99. The molecule has 0 fully saturated rings. The molecule has 1 amide bonds. The normalized spacial score (nSPS) is 15.9. The van der Waals surface area contributed by atoms with Gasteiger partial charge in [-0.15, -0.1) is 11.3 Å². The van der Waals surface area contributed by atoms with E-state index in [0.29, 0.717) is 30.2 Å². The first-order chi connectivity index (χ1) is 13.7. The van der Waals surface area contributed by atoms with Gasteiger partial charge in [-0.25, -0.2) is 4.68 Å². The lowest BCUT2D eigenvalue weighted by Gasteiger charge is -2.27. The number of anilines is 2. The maximum absolute atomic E-state index is 13.2. The van der Waals surface area contributed by atoms with Gasteiger partial charge >= 0.3 is 0 Å². The van der Waals surface area contributed by atoms with Crippen LogP contribution in [0.2, 0.25) is 0 Å². The fraction of sp³-hybridized carbons (Fsp3) is 0.250. The number of nitrogens with one attached hydrogen (secondary N) is 2. The third-order valence-electron chi connectivity index (χ3n) is 4.54. The Morgan fingerprint density at radius 3 is 2.82 bits per heavy atom. The lowest BCUT2D eigenvalue weighted by molar-refractivity contribution is -0.113. The van der Waals surface area contributed by atoms with E-state index in [4.69, 9.17) is 5.11 Å². The lowest BCUT2D eigenvalue weighted by Crippen LogP contribution is -2.31. The molecule has 0 spiro atoms. The highest BCUT2D eigenvalue weighted by Crippen LogP contribution is 2.37. The van der Waals surface area contributed by atoms with Crippen molar-refractivity contribution in [1.29, 1.82) is 0 Å². The van der Waals surface area contributed by atoms with Crippen molar-refractivity contribution in [3.05, 3.63) is 69.8 Å². The highest BCUT2D eigenvalue weighted by molar-refractivity contribution is 7.10. The van der Waals surface area contributed by atoms with Crippen molar-refractivity contribution < 1.29 is 9.90 Å². The van der Waals surface area contributed by atoms with E-state index in [1.807, 2.05) is 54.8 Å². The number of allylic oxidation sites excluding steroid dienone is 1. The number of thiophene rings is 1. The van der Waals surface area contributed by atoms with Gasteiger partial charge in [0.05, 0.1) is 5.57 Å². The highest BCUT2D eigenvalue weighted by Gasteiger charge is 2.34. The Morgan fingerprint density at radius 1 is 1.29 bits per heavy atom. The van der Waals surface area contributed by atoms with Gasteiger partial charge in [0.1, 0.15) is 6.04 Å². The first kappa shape index (κ1) is 18.4. The summed E-state index contributed by atoms with van der Waals surface area (Å²) < 4.78 is 1.77. The van der Waals surface area contributed by atoms with Gasteiger partial charge in [0.2, 0.25) is 5.95 Å². The third-order valence-corrected chi connectivity index (χ3v) is 5.47. The largest absolute Gasteiger partial charge is 0.396 e. The molecule has 7 nitrogen and oxygen atoms in total. The number of aliphatic hydroxyl groups is 1. The molecular formula is C20H21N5O2S. The van der Waals surface area contributed by atoms with Gasteiger partial charge in [0.25, 0.3) is 5.91 Å². The molecule has 0 aliphatic carbocycles. The summed E-state index contributed by atoms with van der Waals surface area (Å²) in [5, 5.41) is 21.9. The van der Waals surface area contributed by atoms with E-state index in [1.165, 1.54) is 0 Å². The van der Waals surface area contributed by atoms with Crippen LogP contribution in [0.5, 0.6) is 0 Å². The van der Waals surface area contributed by atoms with Crippen LogP contribution in [0.1, 0.15) is 30.1 Å². The minimum absolute atomic E-state index is 0.0909. The van der Waals surface area contributed by atoms with E-state index in [9.17, 15) is 4.79 Å². The molecule has 2 aromatic heterocycles. The SMILES string of the molecule is CC1=C(C(=O)Nc2ccccc2)C(c2cccs2)n2nc(CCCO)nc2N1. The van der Waals surface area contributed by atoms with E-state index in [0.717, 1.165) is 16.3 Å². The smallest absolute Gasteiger partial charge is 0.255 e. The van der Waals surface area contributed by atoms with Crippen LogP contribution in [0.4, 0.5) is 11.6 Å². The molecule has 3 heterocycles. The molecule has 1 aromatic carbocycles. The number of carbonyl (C=O) groups excluding carboxylic acids is 1. The molecule has 1 unspecified atom stereocenters. The maximum Gasteiger partial charge on any atom is 0.255 e. The Kier molecular flexibility index (Phi) is 5.23. The molecule has 144 valence electrons. The topological polar surface area (TPSA) is 92.1 Å². The molecule has 28 heavy (non-hydrogen) atoms. The van der Waals surface area contributed by atoms with Gasteiger partial charge in [0, 0.05) is 29.3 Å². The number of hydrogen-bond acceptors (Lipinski definition) is 6. The van der Waals surface area contributed by atoms with Crippen LogP contribution >= 0.6 is 11.3 Å². The predicted molar refractivity (Wildman–Crippen MR) is 109 cm³/mol. The van der Waals surface area contributed by atoms with Crippen LogP contribution in [-0.2, 0) is 11.2 Å². The molecule has 1 aliphatic rings. The molecule has 0 saturated carbocycles. The van der Waals surface area contributed by atoms with Crippen LogP contribution in [0.3, 0.4) is 0 Å². The Bertz CT molecular complexity index is 995. The molecule has 3 N–H and O–H groups in total. The number of amides is 1. The van der Waals surface area contributed by atoms with Gasteiger partial charge in [-0.1, -0.05) is 24.3 Å². The molecule has 0 saturated heterocycles. The molecule has 1 atom stereocenters. The van der Waals surface area contributed by atoms with Crippen LogP contribution in [0.25, 0.3) is 0 Å². The van der Waals surface area contributed by atoms with Crippen molar-refractivity contribution in [2.45, 2.75) is 25.8 Å². The Morgan fingerprint density at radius 2 is 2.11 bits per heavy atom. The Labute approximate surface area is 166 Å². The quantitative estimate of drug-likeness (QED) is 0.596. The molecule has 1 aliphatic heterocycles. The van der Waals surface area contributed by atoms with Crippen LogP contribution in [0, 0.1) is 0 Å². The van der Waals surface area contributed by atoms with Crippen molar-refractivity contribution in [1.82, 2.24) is 14.8 Å². The number of para-hydroxylation sites is 1. The van der Waals surface area contributed by atoms with Crippen molar-refractivity contribution in [3.63, 3.8) is 0 Å². The average Bonchev–Trinajstić information content (AvgIpc) is 3.35. The summed E-state index contributed by atoms with van der Waals surface area (Å²) in [7, 11) is 0. The summed E-state index contributed by atoms with van der Waals surface area (Å²) in [4.78, 5) is 18.7. The summed E-state index contributed by atoms with van der Waals surface area (Å²) in [6.45, 7) is 1.97. The fourth-order valence-corrected chi connectivity index (χ4v) is 4.08. The molecule has 4 rings (SSSR count). The van der Waals surface area contributed by atoms with E-state index < -0.39 is 0 Å².